The van der Waals surface area contributed by atoms with Gasteiger partial charge in [-0.1, -0.05) is 12.1 Å². The van der Waals surface area contributed by atoms with E-state index in [-0.39, 0.29) is 6.61 Å². The molecule has 0 amide bonds. The third-order valence-electron chi connectivity index (χ3n) is 2.25. The van der Waals surface area contributed by atoms with Crippen LogP contribution in [0.25, 0.3) is 0 Å². The molecule has 84 valence electrons. The van der Waals surface area contributed by atoms with Crippen LogP contribution >= 0.6 is 0 Å². The van der Waals surface area contributed by atoms with Crippen LogP contribution in [0, 0.1) is 0 Å². The number of methoxy groups -OCH3 is 1. The molecule has 0 heterocycles. The van der Waals surface area contributed by atoms with Gasteiger partial charge in [0.2, 0.25) is 0 Å². The van der Waals surface area contributed by atoms with E-state index in [0.29, 0.717) is 0 Å². The van der Waals surface area contributed by atoms with Crippen molar-refractivity contribution in [1.29, 1.82) is 0 Å². The Hall–Kier alpha value is -1.06. The third kappa shape index (κ3) is 4.81. The second-order valence-corrected chi connectivity index (χ2v) is 3.46. The second kappa shape index (κ2) is 7.26. The van der Waals surface area contributed by atoms with Crippen LogP contribution in [0.4, 0.5) is 0 Å². The SMILES string of the molecule is COc1ccc(CNCCCCO)cc1. The number of rotatable bonds is 7. The molecular weight excluding hydrogens is 190 g/mol. The molecule has 2 N–H and O–H groups in total. The molecule has 0 aliphatic carbocycles. The molecule has 0 saturated heterocycles. The summed E-state index contributed by atoms with van der Waals surface area (Å²) in [6.45, 7) is 2.10. The lowest BCUT2D eigenvalue weighted by Gasteiger charge is -2.05. The van der Waals surface area contributed by atoms with Crippen molar-refractivity contribution in [2.45, 2.75) is 19.4 Å². The summed E-state index contributed by atoms with van der Waals surface area (Å²) in [4.78, 5) is 0. The Bertz CT molecular complexity index is 259. The minimum Gasteiger partial charge on any atom is -0.497 e. The van der Waals surface area contributed by atoms with Crippen LogP contribution in [0.1, 0.15) is 18.4 Å². The Morgan fingerprint density at radius 2 is 1.93 bits per heavy atom. The average Bonchev–Trinajstić information content (AvgIpc) is 2.30. The third-order valence-corrected chi connectivity index (χ3v) is 2.25. The Morgan fingerprint density at radius 3 is 2.53 bits per heavy atom. The van der Waals surface area contributed by atoms with Crippen molar-refractivity contribution >= 4 is 0 Å². The van der Waals surface area contributed by atoms with Crippen LogP contribution in [-0.2, 0) is 6.54 Å². The Balaban J connectivity index is 2.20. The summed E-state index contributed by atoms with van der Waals surface area (Å²) >= 11 is 0. The maximum absolute atomic E-state index is 8.60. The molecule has 0 atom stereocenters. The van der Waals surface area contributed by atoms with Gasteiger partial charge in [0.25, 0.3) is 0 Å². The maximum Gasteiger partial charge on any atom is 0.118 e. The maximum atomic E-state index is 8.60. The molecule has 0 spiro atoms. The molecule has 0 aromatic heterocycles. The minimum absolute atomic E-state index is 0.282. The smallest absolute Gasteiger partial charge is 0.118 e. The first kappa shape index (κ1) is 12.0. The molecule has 3 nitrogen and oxygen atoms in total. The summed E-state index contributed by atoms with van der Waals surface area (Å²) in [5, 5.41) is 11.9. The monoisotopic (exact) mass is 209 g/mol. The predicted octanol–water partition coefficient (Wildman–Crippen LogP) is 1.56. The zero-order valence-corrected chi connectivity index (χ0v) is 9.20. The van der Waals surface area contributed by atoms with Crippen LogP contribution in [0.5, 0.6) is 5.75 Å². The van der Waals surface area contributed by atoms with Gasteiger partial charge < -0.3 is 15.2 Å². The van der Waals surface area contributed by atoms with E-state index in [0.717, 1.165) is 31.7 Å². The van der Waals surface area contributed by atoms with Crippen molar-refractivity contribution < 1.29 is 9.84 Å². The van der Waals surface area contributed by atoms with E-state index in [2.05, 4.69) is 17.4 Å². The topological polar surface area (TPSA) is 41.5 Å². The van der Waals surface area contributed by atoms with Gasteiger partial charge >= 0.3 is 0 Å². The van der Waals surface area contributed by atoms with E-state index < -0.39 is 0 Å². The number of hydrogen-bond acceptors (Lipinski definition) is 3. The summed E-state index contributed by atoms with van der Waals surface area (Å²) in [7, 11) is 1.67. The van der Waals surface area contributed by atoms with Crippen LogP contribution in [-0.4, -0.2) is 25.4 Å². The van der Waals surface area contributed by atoms with Gasteiger partial charge in [0.05, 0.1) is 7.11 Å². The lowest BCUT2D eigenvalue weighted by atomic mass is 10.2. The summed E-state index contributed by atoms with van der Waals surface area (Å²) in [6, 6.07) is 8.03. The number of benzene rings is 1. The summed E-state index contributed by atoms with van der Waals surface area (Å²) in [5.74, 6) is 0.888. The van der Waals surface area contributed by atoms with Crippen molar-refractivity contribution in [2.75, 3.05) is 20.3 Å². The van der Waals surface area contributed by atoms with Gasteiger partial charge in [-0.2, -0.15) is 0 Å². The first-order valence-corrected chi connectivity index (χ1v) is 5.31. The lowest BCUT2D eigenvalue weighted by molar-refractivity contribution is 0.283. The van der Waals surface area contributed by atoms with Gasteiger partial charge in [0.15, 0.2) is 0 Å². The standard InChI is InChI=1S/C12H19NO2/c1-15-12-6-4-11(5-7-12)10-13-8-2-3-9-14/h4-7,13-14H,2-3,8-10H2,1H3. The molecule has 0 aliphatic heterocycles. The molecular formula is C12H19NO2. The first-order valence-electron chi connectivity index (χ1n) is 5.31. The average molecular weight is 209 g/mol. The summed E-state index contributed by atoms with van der Waals surface area (Å²) < 4.78 is 5.08. The van der Waals surface area contributed by atoms with Crippen molar-refractivity contribution in [3.8, 4) is 5.75 Å². The van der Waals surface area contributed by atoms with Crippen molar-refractivity contribution in [3.05, 3.63) is 29.8 Å². The molecule has 0 radical (unpaired) electrons. The number of nitrogens with one attached hydrogen (secondary N) is 1. The molecule has 1 rings (SSSR count). The number of hydrogen-bond donors (Lipinski definition) is 2. The Labute approximate surface area is 91.1 Å². The quantitative estimate of drug-likeness (QED) is 0.670. The molecule has 0 fully saturated rings. The van der Waals surface area contributed by atoms with Crippen LogP contribution in [0.15, 0.2) is 24.3 Å². The first-order chi connectivity index (χ1) is 7.36. The molecule has 0 bridgehead atoms. The summed E-state index contributed by atoms with van der Waals surface area (Å²) in [5.41, 5.74) is 1.25. The minimum atomic E-state index is 0.282. The Morgan fingerprint density at radius 1 is 1.20 bits per heavy atom. The predicted molar refractivity (Wildman–Crippen MR) is 61.0 cm³/mol. The fourth-order valence-electron chi connectivity index (χ4n) is 1.34. The molecule has 0 aliphatic rings. The van der Waals surface area contributed by atoms with Crippen molar-refractivity contribution in [2.24, 2.45) is 0 Å². The van der Waals surface area contributed by atoms with Crippen molar-refractivity contribution in [3.63, 3.8) is 0 Å². The van der Waals surface area contributed by atoms with Crippen LogP contribution in [0.3, 0.4) is 0 Å². The lowest BCUT2D eigenvalue weighted by Crippen LogP contribution is -2.14. The van der Waals surface area contributed by atoms with E-state index >= 15 is 0 Å². The fourth-order valence-corrected chi connectivity index (χ4v) is 1.34. The highest BCUT2D eigenvalue weighted by atomic mass is 16.5. The number of aliphatic hydroxyl groups excluding tert-OH is 1. The highest BCUT2D eigenvalue weighted by Crippen LogP contribution is 2.10. The number of aliphatic hydroxyl groups is 1. The molecule has 0 saturated carbocycles. The highest BCUT2D eigenvalue weighted by molar-refractivity contribution is 5.26. The van der Waals surface area contributed by atoms with Crippen molar-refractivity contribution in [1.82, 2.24) is 5.32 Å². The largest absolute Gasteiger partial charge is 0.497 e. The Kier molecular flexibility index (Phi) is 5.81. The normalized spacial score (nSPS) is 10.3. The number of unbranched alkanes of at least 4 members (excludes halogenated alkanes) is 1. The van der Waals surface area contributed by atoms with E-state index in [9.17, 15) is 0 Å². The number of ether oxygens (including phenoxy) is 1. The van der Waals surface area contributed by atoms with Gasteiger partial charge in [0, 0.05) is 13.2 Å². The molecule has 15 heavy (non-hydrogen) atoms. The van der Waals surface area contributed by atoms with Gasteiger partial charge in [-0.3, -0.25) is 0 Å². The molecule has 3 heteroatoms. The summed E-state index contributed by atoms with van der Waals surface area (Å²) in [6.07, 6.45) is 1.89. The highest BCUT2D eigenvalue weighted by Gasteiger charge is 1.93. The van der Waals surface area contributed by atoms with Gasteiger partial charge in [-0.15, -0.1) is 0 Å². The van der Waals surface area contributed by atoms with Gasteiger partial charge in [-0.05, 0) is 37.1 Å². The molecule has 1 aromatic carbocycles. The van der Waals surface area contributed by atoms with Gasteiger partial charge in [0.1, 0.15) is 5.75 Å². The van der Waals surface area contributed by atoms with E-state index in [1.807, 2.05) is 12.1 Å². The fraction of sp³-hybridized carbons (Fsp3) is 0.500. The second-order valence-electron chi connectivity index (χ2n) is 3.46. The molecule has 0 unspecified atom stereocenters. The van der Waals surface area contributed by atoms with Crippen LogP contribution < -0.4 is 10.1 Å². The van der Waals surface area contributed by atoms with E-state index in [1.165, 1.54) is 5.56 Å². The molecule has 1 aromatic rings. The van der Waals surface area contributed by atoms with Gasteiger partial charge in [-0.25, -0.2) is 0 Å². The van der Waals surface area contributed by atoms with Crippen LogP contribution in [0.2, 0.25) is 0 Å². The van der Waals surface area contributed by atoms with E-state index in [4.69, 9.17) is 9.84 Å². The zero-order chi connectivity index (χ0) is 10.9. The van der Waals surface area contributed by atoms with E-state index in [1.54, 1.807) is 7.11 Å². The zero-order valence-electron chi connectivity index (χ0n) is 9.20.